The van der Waals surface area contributed by atoms with E-state index in [4.69, 9.17) is 0 Å². The fourth-order valence-corrected chi connectivity index (χ4v) is 1.54. The molecule has 2 rings (SSSR count). The summed E-state index contributed by atoms with van der Waals surface area (Å²) in [5.74, 6) is 0.798. The van der Waals surface area contributed by atoms with Crippen molar-refractivity contribution in [2.45, 2.75) is 0 Å². The smallest absolute Gasteiger partial charge is 0.184 e. The number of benzene rings is 1. The van der Waals surface area contributed by atoms with Gasteiger partial charge in [0.05, 0.1) is 34.7 Å². The van der Waals surface area contributed by atoms with E-state index >= 15 is 0 Å². The molecule has 1 aromatic heterocycles. The highest BCUT2D eigenvalue weighted by Gasteiger charge is 2.06. The number of nitrogens with zero attached hydrogens (tertiary/aromatic N) is 3. The third kappa shape index (κ3) is 1.80. The molecule has 0 fully saturated rings. The monoisotopic (exact) mass is 286 g/mol. The van der Waals surface area contributed by atoms with Crippen LogP contribution in [-0.2, 0) is 0 Å². The number of hydrogen-bond acceptors (Lipinski definition) is 3. The molecule has 66 valence electrons. The Hall–Kier alpha value is -1.11. The highest BCUT2D eigenvalue weighted by Crippen LogP contribution is 2.25. The summed E-state index contributed by atoms with van der Waals surface area (Å²) < 4.78 is 1.93. The second kappa shape index (κ2) is 3.73. The number of anilines is 2. The van der Waals surface area contributed by atoms with E-state index in [0.717, 1.165) is 11.5 Å². The Morgan fingerprint density at radius 2 is 2.00 bits per heavy atom. The Balaban J connectivity index is 2.29. The van der Waals surface area contributed by atoms with E-state index in [-0.39, 0.29) is 0 Å². The van der Waals surface area contributed by atoms with Crippen LogP contribution in [0.3, 0.4) is 0 Å². The summed E-state index contributed by atoms with van der Waals surface area (Å²) in [5.41, 5.74) is 1.08. The fraction of sp³-hybridized carbons (Fsp3) is 0. The molecular weight excluding hydrogens is 279 g/mol. The van der Waals surface area contributed by atoms with Gasteiger partial charge in [-0.15, -0.1) is 5.10 Å². The molecule has 5 heteroatoms. The van der Waals surface area contributed by atoms with Crippen molar-refractivity contribution in [1.29, 1.82) is 0 Å². The van der Waals surface area contributed by atoms with Gasteiger partial charge in [-0.2, -0.15) is 10.3 Å². The van der Waals surface area contributed by atoms with Crippen molar-refractivity contribution in [3.63, 3.8) is 0 Å². The zero-order valence-corrected chi connectivity index (χ0v) is 8.84. The molecule has 1 N–H and O–H groups in total. The molecule has 0 aliphatic carbocycles. The number of nitrogens with one attached hydrogen (secondary N) is 1. The van der Waals surface area contributed by atoms with Crippen molar-refractivity contribution in [3.05, 3.63) is 36.5 Å². The molecule has 0 saturated heterocycles. The van der Waals surface area contributed by atoms with Gasteiger partial charge in [-0.1, -0.05) is 18.2 Å². The van der Waals surface area contributed by atoms with E-state index in [2.05, 4.69) is 38.3 Å². The summed E-state index contributed by atoms with van der Waals surface area (Å²) in [6.45, 7) is 0. The Labute approximate surface area is 89.5 Å². The molecule has 0 aliphatic rings. The summed E-state index contributed by atoms with van der Waals surface area (Å²) in [4.78, 5) is 0. The first-order valence-corrected chi connectivity index (χ1v) is 4.71. The maximum absolute atomic E-state index is 3.97. The van der Waals surface area contributed by atoms with Crippen LogP contribution in [0.15, 0.2) is 36.5 Å². The van der Waals surface area contributed by atoms with Crippen LogP contribution in [0.25, 0.3) is 0 Å². The van der Waals surface area contributed by atoms with Gasteiger partial charge in [0.2, 0.25) is 0 Å². The van der Waals surface area contributed by atoms with Crippen molar-refractivity contribution < 1.29 is 0 Å². The molecule has 13 heavy (non-hydrogen) atoms. The van der Waals surface area contributed by atoms with E-state index < -0.39 is 0 Å². The topological polar surface area (TPSA) is 44.8 Å². The van der Waals surface area contributed by atoms with Gasteiger partial charge in [-0.05, 0) is 12.1 Å². The Kier molecular flexibility index (Phi) is 2.44. The number of aromatic amines is 1. The number of hydrogen-bond donors (Lipinski definition) is 1. The molecule has 4 nitrogen and oxygen atoms in total. The van der Waals surface area contributed by atoms with Crippen molar-refractivity contribution in [2.75, 3.05) is 3.11 Å². The minimum atomic E-state index is 0.798. The highest BCUT2D eigenvalue weighted by molar-refractivity contribution is 14.1. The van der Waals surface area contributed by atoms with Crippen LogP contribution in [0.1, 0.15) is 0 Å². The molecule has 0 saturated carbocycles. The lowest BCUT2D eigenvalue weighted by Gasteiger charge is -2.11. The Bertz CT molecular complexity index is 359. The molecule has 2 aromatic rings. The molecule has 0 atom stereocenters. The van der Waals surface area contributed by atoms with E-state index in [1.807, 2.05) is 33.4 Å². The molecular formula is C8H7IN4. The predicted octanol–water partition coefficient (Wildman–Crippen LogP) is 2.29. The molecule has 1 aromatic carbocycles. The van der Waals surface area contributed by atoms with Crippen LogP contribution in [0.5, 0.6) is 0 Å². The lowest BCUT2D eigenvalue weighted by molar-refractivity contribution is 0.940. The number of aromatic nitrogens is 3. The van der Waals surface area contributed by atoms with Crippen molar-refractivity contribution in [1.82, 2.24) is 15.4 Å². The third-order valence-corrected chi connectivity index (χ3v) is 2.64. The summed E-state index contributed by atoms with van der Waals surface area (Å²) >= 11 is 2.18. The second-order valence-electron chi connectivity index (χ2n) is 2.44. The molecule has 0 bridgehead atoms. The van der Waals surface area contributed by atoms with Crippen LogP contribution in [-0.4, -0.2) is 15.4 Å². The predicted molar refractivity (Wildman–Crippen MR) is 59.0 cm³/mol. The van der Waals surface area contributed by atoms with Gasteiger partial charge in [0.15, 0.2) is 5.82 Å². The summed E-state index contributed by atoms with van der Waals surface area (Å²) in [6.07, 6.45) is 1.68. The molecule has 0 spiro atoms. The van der Waals surface area contributed by atoms with Gasteiger partial charge in [-0.3, -0.25) is 3.11 Å². The van der Waals surface area contributed by atoms with E-state index in [1.165, 1.54) is 0 Å². The molecule has 0 radical (unpaired) electrons. The summed E-state index contributed by atoms with van der Waals surface area (Å²) in [7, 11) is 0. The van der Waals surface area contributed by atoms with E-state index in [0.29, 0.717) is 0 Å². The van der Waals surface area contributed by atoms with Crippen LogP contribution in [0, 0.1) is 0 Å². The van der Waals surface area contributed by atoms with Crippen LogP contribution >= 0.6 is 22.9 Å². The number of halogens is 1. The first-order chi connectivity index (χ1) is 6.38. The van der Waals surface area contributed by atoms with Crippen molar-refractivity contribution in [2.24, 2.45) is 0 Å². The molecule has 0 aliphatic heterocycles. The number of H-pyrrole nitrogens is 1. The maximum atomic E-state index is 3.97. The van der Waals surface area contributed by atoms with Gasteiger partial charge >= 0.3 is 0 Å². The maximum Gasteiger partial charge on any atom is 0.184 e. The van der Waals surface area contributed by atoms with Crippen LogP contribution in [0.2, 0.25) is 0 Å². The largest absolute Gasteiger partial charge is 0.264 e. The summed E-state index contributed by atoms with van der Waals surface area (Å²) in [5, 5.41) is 10.3. The van der Waals surface area contributed by atoms with Gasteiger partial charge in [0, 0.05) is 0 Å². The Morgan fingerprint density at radius 3 is 2.62 bits per heavy atom. The van der Waals surface area contributed by atoms with Crippen LogP contribution in [0.4, 0.5) is 11.5 Å². The zero-order chi connectivity index (χ0) is 9.10. The highest BCUT2D eigenvalue weighted by atomic mass is 127. The minimum Gasteiger partial charge on any atom is -0.264 e. The van der Waals surface area contributed by atoms with Gasteiger partial charge in [-0.25, -0.2) is 0 Å². The minimum absolute atomic E-state index is 0.798. The van der Waals surface area contributed by atoms with Crippen molar-refractivity contribution >= 4 is 34.4 Å². The second-order valence-corrected chi connectivity index (χ2v) is 3.41. The van der Waals surface area contributed by atoms with Crippen LogP contribution < -0.4 is 3.11 Å². The first kappa shape index (κ1) is 8.49. The number of rotatable bonds is 2. The first-order valence-electron chi connectivity index (χ1n) is 3.74. The average molecular weight is 286 g/mol. The van der Waals surface area contributed by atoms with E-state index in [1.54, 1.807) is 6.20 Å². The standard InChI is InChI=1S/C8H7IN4/c9-13(8-6-10-12-11-8)7-4-2-1-3-5-7/h1-6H,(H,10,11,12). The third-order valence-electron chi connectivity index (χ3n) is 1.59. The zero-order valence-electron chi connectivity index (χ0n) is 6.68. The van der Waals surface area contributed by atoms with E-state index in [9.17, 15) is 0 Å². The molecule has 0 unspecified atom stereocenters. The Morgan fingerprint density at radius 1 is 1.23 bits per heavy atom. The quantitative estimate of drug-likeness (QED) is 0.680. The number of para-hydroxylation sites is 1. The van der Waals surface area contributed by atoms with Gasteiger partial charge < -0.3 is 0 Å². The normalized spacial score (nSPS) is 9.92. The molecule has 1 heterocycles. The lowest BCUT2D eigenvalue weighted by Crippen LogP contribution is -2.00. The fourth-order valence-electron chi connectivity index (χ4n) is 0.981. The average Bonchev–Trinajstić information content (AvgIpc) is 2.71. The SMILES string of the molecule is IN(c1ccccc1)c1cn[nH]n1. The van der Waals surface area contributed by atoms with Gasteiger partial charge in [0.1, 0.15) is 0 Å². The lowest BCUT2D eigenvalue weighted by atomic mass is 10.3. The molecule has 0 amide bonds. The van der Waals surface area contributed by atoms with Gasteiger partial charge in [0.25, 0.3) is 0 Å². The summed E-state index contributed by atoms with van der Waals surface area (Å²) in [6, 6.07) is 9.99. The van der Waals surface area contributed by atoms with Crippen molar-refractivity contribution in [3.8, 4) is 0 Å².